The molecule has 0 saturated carbocycles. The number of allylic oxidation sites excluding steroid dienone is 3. The van der Waals surface area contributed by atoms with Crippen molar-refractivity contribution in [1.29, 1.82) is 0 Å². The Balaban J connectivity index is 1.13. The van der Waals surface area contributed by atoms with E-state index in [0.717, 1.165) is 23.1 Å². The average Bonchev–Trinajstić information content (AvgIpc) is 3.77. The fourth-order valence-corrected chi connectivity index (χ4v) is 9.49. The third kappa shape index (κ3) is 5.25. The summed E-state index contributed by atoms with van der Waals surface area (Å²) in [5.41, 5.74) is 16.9. The summed E-state index contributed by atoms with van der Waals surface area (Å²) in [5.74, 6) is 2.45. The van der Waals surface area contributed by atoms with Crippen LogP contribution >= 0.6 is 11.8 Å². The molecule has 248 valence electrons. The minimum Gasteiger partial charge on any atom is -0.208 e. The van der Waals surface area contributed by atoms with Crippen molar-refractivity contribution in [2.24, 2.45) is 0 Å². The topological polar surface area (TPSA) is 38.7 Å². The van der Waals surface area contributed by atoms with E-state index in [0.29, 0.717) is 28.6 Å². The number of hydrogen-bond donors (Lipinski definition) is 0. The first-order valence-electron chi connectivity index (χ1n) is 18.0. The summed E-state index contributed by atoms with van der Waals surface area (Å²) in [5, 5.41) is 0.305. The zero-order valence-corrected chi connectivity index (χ0v) is 29.9. The fourth-order valence-electron chi connectivity index (χ4n) is 8.10. The number of rotatable bonds is 5. The van der Waals surface area contributed by atoms with Gasteiger partial charge in [-0.25, -0.2) is 15.0 Å². The molecule has 6 aromatic carbocycles. The highest BCUT2D eigenvalue weighted by Gasteiger charge is 2.33. The van der Waals surface area contributed by atoms with Gasteiger partial charge in [0.25, 0.3) is 0 Å². The number of hydrogen-bond acceptors (Lipinski definition) is 4. The van der Waals surface area contributed by atoms with E-state index in [1.807, 2.05) is 11.8 Å². The van der Waals surface area contributed by atoms with Crippen molar-refractivity contribution in [3.63, 3.8) is 0 Å². The van der Waals surface area contributed by atoms with Crippen LogP contribution in [0.3, 0.4) is 0 Å². The number of fused-ring (bicyclic) bond motifs is 6. The number of nitrogens with zero attached hydrogens (tertiary/aromatic N) is 3. The van der Waals surface area contributed by atoms with Crippen LogP contribution in [0.15, 0.2) is 157 Å². The van der Waals surface area contributed by atoms with Gasteiger partial charge in [-0.05, 0) is 99.7 Å². The molecule has 1 aliphatic heterocycles. The van der Waals surface area contributed by atoms with E-state index < -0.39 is 0 Å². The van der Waals surface area contributed by atoms with Crippen LogP contribution in [0.4, 0.5) is 0 Å². The first kappa shape index (κ1) is 30.9. The Morgan fingerprint density at radius 2 is 1.21 bits per heavy atom. The van der Waals surface area contributed by atoms with Crippen molar-refractivity contribution in [1.82, 2.24) is 15.0 Å². The average molecular weight is 686 g/mol. The predicted molar refractivity (Wildman–Crippen MR) is 215 cm³/mol. The molecule has 52 heavy (non-hydrogen) atoms. The number of thioether (sulfide) groups is 1. The first-order valence-corrected chi connectivity index (χ1v) is 18.9. The van der Waals surface area contributed by atoms with Crippen molar-refractivity contribution in [3.8, 4) is 56.2 Å². The molecular weight excluding hydrogens is 651 g/mol. The summed E-state index contributed by atoms with van der Waals surface area (Å²) in [6.45, 7) is 4.38. The molecule has 0 saturated heterocycles. The van der Waals surface area contributed by atoms with Gasteiger partial charge in [0.15, 0.2) is 17.5 Å². The van der Waals surface area contributed by atoms with E-state index in [9.17, 15) is 0 Å². The molecule has 2 heterocycles. The molecule has 4 heteroatoms. The normalized spacial score (nSPS) is 16.5. The van der Waals surface area contributed by atoms with Gasteiger partial charge in [0.1, 0.15) is 0 Å². The maximum atomic E-state index is 5.29. The van der Waals surface area contributed by atoms with Crippen LogP contribution in [-0.2, 0) is 6.42 Å². The second kappa shape index (κ2) is 12.4. The Kier molecular flexibility index (Phi) is 7.40. The van der Waals surface area contributed by atoms with Gasteiger partial charge >= 0.3 is 0 Å². The van der Waals surface area contributed by atoms with Crippen LogP contribution in [-0.4, -0.2) is 20.2 Å². The van der Waals surface area contributed by atoms with Gasteiger partial charge < -0.3 is 0 Å². The van der Waals surface area contributed by atoms with Gasteiger partial charge in [-0.3, -0.25) is 0 Å². The Bertz CT molecular complexity index is 2620. The Hall–Kier alpha value is -5.84. The molecule has 0 amide bonds. The van der Waals surface area contributed by atoms with Gasteiger partial charge in [0.2, 0.25) is 0 Å². The van der Waals surface area contributed by atoms with E-state index in [1.165, 1.54) is 66.1 Å². The molecule has 10 rings (SSSR count). The zero-order valence-electron chi connectivity index (χ0n) is 29.0. The smallest absolute Gasteiger partial charge is 0.164 e. The summed E-state index contributed by atoms with van der Waals surface area (Å²) >= 11 is 1.93. The summed E-state index contributed by atoms with van der Waals surface area (Å²) < 4.78 is 0. The lowest BCUT2D eigenvalue weighted by atomic mass is 9.90. The molecule has 0 fully saturated rings. The number of benzene rings is 6. The summed E-state index contributed by atoms with van der Waals surface area (Å²) in [4.78, 5) is 17.2. The van der Waals surface area contributed by atoms with Crippen LogP contribution in [0.2, 0.25) is 0 Å². The number of aryl methyl sites for hydroxylation is 2. The molecule has 0 spiro atoms. The summed E-state index contributed by atoms with van der Waals surface area (Å²) in [7, 11) is 0. The summed E-state index contributed by atoms with van der Waals surface area (Å²) in [6.07, 6.45) is 7.84. The van der Waals surface area contributed by atoms with Gasteiger partial charge in [0, 0.05) is 32.8 Å². The van der Waals surface area contributed by atoms with Gasteiger partial charge in [0.05, 0.1) is 0 Å². The second-order valence-corrected chi connectivity index (χ2v) is 15.3. The molecule has 2 aliphatic carbocycles. The van der Waals surface area contributed by atoms with Crippen molar-refractivity contribution in [2.45, 2.75) is 36.3 Å². The minimum atomic E-state index is 0.305. The molecule has 1 aromatic heterocycles. The van der Waals surface area contributed by atoms with E-state index in [2.05, 4.69) is 166 Å². The molecule has 0 radical (unpaired) electrons. The molecule has 7 aromatic rings. The van der Waals surface area contributed by atoms with E-state index in [1.54, 1.807) is 0 Å². The SMILES string of the molecule is Cc1ccc(-c2ccccc2)cc1-c1cc(-c2nc(C3=CC4Sc5ccccc5C4C=C3)nc(-c3cccc4c3-c3ccccc3C4)n2)ccc1C. The van der Waals surface area contributed by atoms with Crippen molar-refractivity contribution < 1.29 is 0 Å². The summed E-state index contributed by atoms with van der Waals surface area (Å²) in [6, 6.07) is 48.0. The molecule has 3 nitrogen and oxygen atoms in total. The van der Waals surface area contributed by atoms with Crippen LogP contribution in [0.25, 0.3) is 61.7 Å². The fraction of sp³-hybridized carbons (Fsp3) is 0.104. The quantitative estimate of drug-likeness (QED) is 0.181. The Morgan fingerprint density at radius 1 is 0.538 bits per heavy atom. The number of aromatic nitrogens is 3. The van der Waals surface area contributed by atoms with Crippen molar-refractivity contribution in [3.05, 3.63) is 185 Å². The van der Waals surface area contributed by atoms with Crippen LogP contribution < -0.4 is 0 Å². The lowest BCUT2D eigenvalue weighted by molar-refractivity contribution is 0.880. The van der Waals surface area contributed by atoms with Crippen molar-refractivity contribution >= 4 is 17.3 Å². The monoisotopic (exact) mass is 685 g/mol. The van der Waals surface area contributed by atoms with E-state index in [-0.39, 0.29) is 0 Å². The Labute approximate surface area is 308 Å². The molecular formula is C48H35N3S. The lowest BCUT2D eigenvalue weighted by Gasteiger charge is -2.19. The third-order valence-electron chi connectivity index (χ3n) is 10.8. The van der Waals surface area contributed by atoms with Gasteiger partial charge in [-0.1, -0.05) is 133 Å². The molecule has 3 aliphatic rings. The predicted octanol–water partition coefficient (Wildman–Crippen LogP) is 11.9. The molecule has 0 N–H and O–H groups in total. The minimum absolute atomic E-state index is 0.305. The largest absolute Gasteiger partial charge is 0.208 e. The third-order valence-corrected chi connectivity index (χ3v) is 12.1. The van der Waals surface area contributed by atoms with Crippen LogP contribution in [0.1, 0.15) is 39.6 Å². The molecule has 2 atom stereocenters. The molecule has 2 unspecified atom stereocenters. The van der Waals surface area contributed by atoms with E-state index in [4.69, 9.17) is 15.0 Å². The Morgan fingerprint density at radius 3 is 2.08 bits per heavy atom. The van der Waals surface area contributed by atoms with Gasteiger partial charge in [-0.2, -0.15) is 0 Å². The van der Waals surface area contributed by atoms with Crippen LogP contribution in [0.5, 0.6) is 0 Å². The highest BCUT2D eigenvalue weighted by molar-refractivity contribution is 8.00. The standard InChI is InChI=1S/C48H35N3S/c1-29-19-21-32(31-11-4-3-5-12-31)26-41(29)42-27-35(22-20-30(42)2)46-49-47(36-23-24-39-38-16-8-9-18-43(38)52-44(39)28-36)51-48(50-46)40-17-10-14-34-25-33-13-6-7-15-37(33)45(34)40/h3-24,26-28,39,44H,25H2,1-2H3. The van der Waals surface area contributed by atoms with Crippen molar-refractivity contribution in [2.75, 3.05) is 0 Å². The second-order valence-electron chi connectivity index (χ2n) is 14.0. The van der Waals surface area contributed by atoms with Crippen LogP contribution in [0, 0.1) is 13.8 Å². The molecule has 0 bridgehead atoms. The zero-order chi connectivity index (χ0) is 34.8. The first-order chi connectivity index (χ1) is 25.6. The maximum Gasteiger partial charge on any atom is 0.164 e. The van der Waals surface area contributed by atoms with Gasteiger partial charge in [-0.15, -0.1) is 11.8 Å². The van der Waals surface area contributed by atoms with E-state index >= 15 is 0 Å². The maximum absolute atomic E-state index is 5.29. The highest BCUT2D eigenvalue weighted by atomic mass is 32.2. The highest BCUT2D eigenvalue weighted by Crippen LogP contribution is 2.49. The lowest BCUT2D eigenvalue weighted by Crippen LogP contribution is -2.11.